The second kappa shape index (κ2) is 9.01. The van der Waals surface area contributed by atoms with Crippen LogP contribution in [-0.4, -0.2) is 27.4 Å². The van der Waals surface area contributed by atoms with Crippen LogP contribution in [0.25, 0.3) is 0 Å². The van der Waals surface area contributed by atoms with Crippen LogP contribution in [0.1, 0.15) is 64.9 Å². The summed E-state index contributed by atoms with van der Waals surface area (Å²) in [6.45, 7) is 5.75. The van der Waals surface area contributed by atoms with Gasteiger partial charge < -0.3 is 9.73 Å². The number of anilines is 1. The van der Waals surface area contributed by atoms with E-state index < -0.39 is 6.04 Å². The molecule has 0 radical (unpaired) electrons. The van der Waals surface area contributed by atoms with E-state index in [9.17, 15) is 9.59 Å². The van der Waals surface area contributed by atoms with Crippen molar-refractivity contribution in [2.75, 3.05) is 4.90 Å². The molecule has 1 fully saturated rings. The van der Waals surface area contributed by atoms with Crippen molar-refractivity contribution in [3.8, 4) is 0 Å². The van der Waals surface area contributed by atoms with E-state index >= 15 is 0 Å². The topological polar surface area (TPSA) is 88.3 Å². The van der Waals surface area contributed by atoms with Crippen LogP contribution in [0.15, 0.2) is 40.1 Å². The highest BCUT2D eigenvalue weighted by atomic mass is 32.1. The fourth-order valence-electron chi connectivity index (χ4n) is 4.15. The molecule has 8 heteroatoms. The molecule has 0 aliphatic heterocycles. The lowest BCUT2D eigenvalue weighted by atomic mass is 10.0. The third-order valence-electron chi connectivity index (χ3n) is 5.65. The number of furan rings is 1. The first-order chi connectivity index (χ1) is 14.9. The van der Waals surface area contributed by atoms with Gasteiger partial charge in [-0.1, -0.05) is 35.0 Å². The number of hydrogen-bond acceptors (Lipinski definition) is 6. The van der Waals surface area contributed by atoms with Gasteiger partial charge in [-0.15, -0.1) is 5.10 Å². The average molecular weight is 439 g/mol. The summed E-state index contributed by atoms with van der Waals surface area (Å²) in [5.41, 5.74) is 2.81. The highest BCUT2D eigenvalue weighted by Crippen LogP contribution is 2.33. The number of nitrogens with zero attached hydrogens (tertiary/aromatic N) is 3. The third kappa shape index (κ3) is 4.54. The molecule has 1 aromatic carbocycles. The Morgan fingerprint density at radius 2 is 1.94 bits per heavy atom. The Morgan fingerprint density at radius 3 is 2.55 bits per heavy atom. The molecule has 162 valence electrons. The molecule has 3 aromatic rings. The fourth-order valence-corrected chi connectivity index (χ4v) is 4.58. The first kappa shape index (κ1) is 21.2. The standard InChI is InChI=1S/C23H26N4O3S/c1-14-8-10-19(15(2)12-14)27(23(29)18-13-31-26-25-18)21(20-11-9-16(3)30-20)22(28)24-17-6-4-5-7-17/h8-13,17,21H,4-7H2,1-3H3,(H,24,28)/t21-/m1/s1. The molecule has 1 N–H and O–H groups in total. The lowest BCUT2D eigenvalue weighted by Crippen LogP contribution is -2.46. The van der Waals surface area contributed by atoms with E-state index in [0.717, 1.165) is 48.3 Å². The van der Waals surface area contributed by atoms with E-state index in [1.165, 1.54) is 4.90 Å². The van der Waals surface area contributed by atoms with Gasteiger partial charge in [-0.2, -0.15) is 0 Å². The molecule has 2 aromatic heterocycles. The summed E-state index contributed by atoms with van der Waals surface area (Å²) in [6.07, 6.45) is 4.09. The van der Waals surface area contributed by atoms with Crippen LogP contribution in [0.5, 0.6) is 0 Å². The van der Waals surface area contributed by atoms with Gasteiger partial charge in [0.15, 0.2) is 11.7 Å². The van der Waals surface area contributed by atoms with E-state index in [4.69, 9.17) is 4.42 Å². The maximum Gasteiger partial charge on any atom is 0.280 e. The number of benzene rings is 1. The summed E-state index contributed by atoms with van der Waals surface area (Å²) in [7, 11) is 0. The van der Waals surface area contributed by atoms with Crippen LogP contribution >= 0.6 is 11.5 Å². The van der Waals surface area contributed by atoms with E-state index in [2.05, 4.69) is 14.9 Å². The molecule has 0 saturated heterocycles. The molecule has 1 aliphatic carbocycles. The molecule has 0 bridgehead atoms. The fraction of sp³-hybridized carbons (Fsp3) is 0.391. The third-order valence-corrected chi connectivity index (χ3v) is 6.15. The minimum Gasteiger partial charge on any atom is -0.464 e. The van der Waals surface area contributed by atoms with E-state index in [1.54, 1.807) is 17.5 Å². The lowest BCUT2D eigenvalue weighted by molar-refractivity contribution is -0.123. The molecule has 4 rings (SSSR count). The predicted molar refractivity (Wildman–Crippen MR) is 119 cm³/mol. The van der Waals surface area contributed by atoms with Crippen LogP contribution in [0.4, 0.5) is 5.69 Å². The van der Waals surface area contributed by atoms with Crippen LogP contribution in [0.3, 0.4) is 0 Å². The van der Waals surface area contributed by atoms with Gasteiger partial charge in [-0.25, -0.2) is 0 Å². The minimum atomic E-state index is -0.954. The minimum absolute atomic E-state index is 0.114. The van der Waals surface area contributed by atoms with Gasteiger partial charge in [0.1, 0.15) is 11.5 Å². The van der Waals surface area contributed by atoms with Gasteiger partial charge in [0, 0.05) is 17.1 Å². The molecular formula is C23H26N4O3S. The average Bonchev–Trinajstić information content (AvgIpc) is 3.49. The molecular weight excluding hydrogens is 412 g/mol. The Bertz CT molecular complexity index is 1070. The van der Waals surface area contributed by atoms with Gasteiger partial charge in [-0.3, -0.25) is 14.5 Å². The highest BCUT2D eigenvalue weighted by molar-refractivity contribution is 7.03. The Hall–Kier alpha value is -3.00. The summed E-state index contributed by atoms with van der Waals surface area (Å²) < 4.78 is 9.72. The van der Waals surface area contributed by atoms with Gasteiger partial charge in [0.2, 0.25) is 0 Å². The summed E-state index contributed by atoms with van der Waals surface area (Å²) in [5.74, 6) is 0.459. The molecule has 2 amide bonds. The number of carbonyl (C=O) groups is 2. The smallest absolute Gasteiger partial charge is 0.280 e. The molecule has 1 aliphatic rings. The lowest BCUT2D eigenvalue weighted by Gasteiger charge is -2.31. The van der Waals surface area contributed by atoms with E-state index in [-0.39, 0.29) is 23.6 Å². The first-order valence-corrected chi connectivity index (χ1v) is 11.3. The van der Waals surface area contributed by atoms with Gasteiger partial charge in [0.05, 0.1) is 0 Å². The monoisotopic (exact) mass is 438 g/mol. The molecule has 0 unspecified atom stereocenters. The van der Waals surface area contributed by atoms with E-state index in [0.29, 0.717) is 17.2 Å². The van der Waals surface area contributed by atoms with E-state index in [1.807, 2.05) is 39.0 Å². The van der Waals surface area contributed by atoms with Gasteiger partial charge in [0.25, 0.3) is 11.8 Å². The van der Waals surface area contributed by atoms with Crippen molar-refractivity contribution in [3.63, 3.8) is 0 Å². The van der Waals surface area contributed by atoms with Crippen molar-refractivity contribution in [3.05, 3.63) is 64.1 Å². The number of carbonyl (C=O) groups excluding carboxylic acids is 2. The van der Waals surface area contributed by atoms with Crippen LogP contribution in [-0.2, 0) is 4.79 Å². The van der Waals surface area contributed by atoms with Crippen molar-refractivity contribution >= 4 is 29.0 Å². The maximum atomic E-state index is 13.6. The molecule has 2 heterocycles. The number of hydrogen-bond donors (Lipinski definition) is 1. The van der Waals surface area contributed by atoms with Crippen molar-refractivity contribution in [1.82, 2.24) is 14.9 Å². The summed E-state index contributed by atoms with van der Waals surface area (Å²) in [4.78, 5) is 28.7. The second-order valence-electron chi connectivity index (χ2n) is 8.10. The quantitative estimate of drug-likeness (QED) is 0.612. The SMILES string of the molecule is Cc1ccc(N(C(=O)c2csnn2)[C@@H](C(=O)NC2CCCC2)c2ccc(C)o2)c(C)c1. The summed E-state index contributed by atoms with van der Waals surface area (Å²) in [5, 5.41) is 8.71. The van der Waals surface area contributed by atoms with Crippen molar-refractivity contribution in [1.29, 1.82) is 0 Å². The maximum absolute atomic E-state index is 13.6. The number of aryl methyl sites for hydroxylation is 3. The number of aromatic nitrogens is 2. The zero-order chi connectivity index (χ0) is 22.0. The summed E-state index contributed by atoms with van der Waals surface area (Å²) in [6, 6.07) is 8.52. The van der Waals surface area contributed by atoms with Crippen molar-refractivity contribution in [2.24, 2.45) is 0 Å². The molecule has 1 atom stereocenters. The zero-order valence-electron chi connectivity index (χ0n) is 17.9. The normalized spacial score (nSPS) is 15.1. The molecule has 7 nitrogen and oxygen atoms in total. The molecule has 0 spiro atoms. The van der Waals surface area contributed by atoms with Gasteiger partial charge >= 0.3 is 0 Å². The molecule has 1 saturated carbocycles. The number of nitrogens with one attached hydrogen (secondary N) is 1. The van der Waals surface area contributed by atoms with Crippen molar-refractivity contribution in [2.45, 2.75) is 58.5 Å². The zero-order valence-corrected chi connectivity index (χ0v) is 18.7. The van der Waals surface area contributed by atoms with Crippen LogP contribution in [0, 0.1) is 20.8 Å². The van der Waals surface area contributed by atoms with Crippen molar-refractivity contribution < 1.29 is 14.0 Å². The Morgan fingerprint density at radius 1 is 1.16 bits per heavy atom. The number of amides is 2. The second-order valence-corrected chi connectivity index (χ2v) is 8.71. The number of rotatable bonds is 6. The summed E-state index contributed by atoms with van der Waals surface area (Å²) >= 11 is 1.10. The van der Waals surface area contributed by atoms with Crippen LogP contribution in [0.2, 0.25) is 0 Å². The predicted octanol–water partition coefficient (Wildman–Crippen LogP) is 4.50. The Balaban J connectivity index is 1.82. The Labute approximate surface area is 185 Å². The molecule has 31 heavy (non-hydrogen) atoms. The van der Waals surface area contributed by atoms with Gasteiger partial charge in [-0.05, 0) is 68.9 Å². The highest BCUT2D eigenvalue weighted by Gasteiger charge is 2.38. The van der Waals surface area contributed by atoms with Crippen LogP contribution < -0.4 is 10.2 Å². The largest absolute Gasteiger partial charge is 0.464 e. The first-order valence-electron chi connectivity index (χ1n) is 10.5. The Kier molecular flexibility index (Phi) is 6.18.